The predicted molar refractivity (Wildman–Crippen MR) is 94.7 cm³/mol. The van der Waals surface area contributed by atoms with Gasteiger partial charge in [-0.3, -0.25) is 14.4 Å². The van der Waals surface area contributed by atoms with Crippen LogP contribution in [0.25, 0.3) is 0 Å². The molecule has 1 aromatic carbocycles. The molecule has 1 heterocycles. The Balaban J connectivity index is 1.46. The van der Waals surface area contributed by atoms with Crippen LogP contribution in [0.15, 0.2) is 24.3 Å². The van der Waals surface area contributed by atoms with Crippen LogP contribution < -0.4 is 10.1 Å². The van der Waals surface area contributed by atoms with Crippen LogP contribution in [-0.2, 0) is 19.1 Å². The number of carbonyl (C=O) groups is 3. The molecule has 1 aromatic rings. The molecule has 7 heteroatoms. The highest BCUT2D eigenvalue weighted by atomic mass is 16.5. The summed E-state index contributed by atoms with van der Waals surface area (Å²) >= 11 is 0. The van der Waals surface area contributed by atoms with Crippen LogP contribution in [0.5, 0.6) is 5.75 Å². The number of nitrogens with one attached hydrogen (secondary N) is 1. The summed E-state index contributed by atoms with van der Waals surface area (Å²) < 4.78 is 10.2. The van der Waals surface area contributed by atoms with E-state index in [2.05, 4.69) is 5.32 Å². The molecule has 1 saturated heterocycles. The Morgan fingerprint density at radius 2 is 2.04 bits per heavy atom. The number of rotatable bonds is 6. The van der Waals surface area contributed by atoms with Crippen molar-refractivity contribution in [2.45, 2.75) is 38.1 Å². The van der Waals surface area contributed by atoms with Crippen LogP contribution in [0.4, 0.5) is 5.69 Å². The topological polar surface area (TPSA) is 84.9 Å². The molecule has 0 bridgehead atoms. The molecule has 0 radical (unpaired) electrons. The first kappa shape index (κ1) is 18.2. The maximum atomic E-state index is 12.2. The highest BCUT2D eigenvalue weighted by molar-refractivity contribution is 5.93. The molecule has 1 atom stereocenters. The Hall–Kier alpha value is -2.57. The van der Waals surface area contributed by atoms with E-state index in [1.165, 1.54) is 0 Å². The largest absolute Gasteiger partial charge is 0.497 e. The first-order valence-corrected chi connectivity index (χ1v) is 8.97. The van der Waals surface area contributed by atoms with Gasteiger partial charge < -0.3 is 19.7 Å². The summed E-state index contributed by atoms with van der Waals surface area (Å²) in [5, 5.41) is 2.65. The van der Waals surface area contributed by atoms with E-state index in [0.717, 1.165) is 25.7 Å². The Labute approximate surface area is 152 Å². The van der Waals surface area contributed by atoms with E-state index < -0.39 is 17.8 Å². The highest BCUT2D eigenvalue weighted by Crippen LogP contribution is 2.29. The van der Waals surface area contributed by atoms with E-state index in [9.17, 15) is 14.4 Å². The first-order valence-electron chi connectivity index (χ1n) is 8.97. The average molecular weight is 360 g/mol. The standard InChI is InChI=1S/C19H24N2O5/c1-25-16-8-4-5-14(10-16)20-17(22)12-26-19(24)13-9-18(23)21(11-13)15-6-2-3-7-15/h4-5,8,10,13,15H,2-3,6-7,9,11-12H2,1H3,(H,20,22)/t13-/m0/s1. The van der Waals surface area contributed by atoms with Gasteiger partial charge in [0.05, 0.1) is 13.0 Å². The SMILES string of the molecule is COc1cccc(NC(=O)COC(=O)[C@H]2CC(=O)N(C3CCCC3)C2)c1. The molecule has 2 fully saturated rings. The number of methoxy groups -OCH3 is 1. The third-order valence-electron chi connectivity index (χ3n) is 4.96. The van der Waals surface area contributed by atoms with Crippen molar-refractivity contribution in [2.75, 3.05) is 25.6 Å². The molecule has 2 amide bonds. The molecule has 0 spiro atoms. The lowest BCUT2D eigenvalue weighted by Gasteiger charge is -2.23. The van der Waals surface area contributed by atoms with Crippen LogP contribution in [0.3, 0.4) is 0 Å². The molecule has 7 nitrogen and oxygen atoms in total. The molecule has 140 valence electrons. The molecule has 2 aliphatic rings. The summed E-state index contributed by atoms with van der Waals surface area (Å²) in [6, 6.07) is 7.17. The fourth-order valence-electron chi connectivity index (χ4n) is 3.61. The van der Waals surface area contributed by atoms with Crippen molar-refractivity contribution >= 4 is 23.5 Å². The number of hydrogen-bond acceptors (Lipinski definition) is 5. The molecular formula is C19H24N2O5. The lowest BCUT2D eigenvalue weighted by molar-refractivity contribution is -0.151. The van der Waals surface area contributed by atoms with Crippen LogP contribution in [0.2, 0.25) is 0 Å². The van der Waals surface area contributed by atoms with Gasteiger partial charge >= 0.3 is 5.97 Å². The summed E-state index contributed by atoms with van der Waals surface area (Å²) in [6.07, 6.45) is 4.46. The second-order valence-electron chi connectivity index (χ2n) is 6.77. The molecule has 3 rings (SSSR count). The number of benzene rings is 1. The van der Waals surface area contributed by atoms with Gasteiger partial charge in [0.15, 0.2) is 6.61 Å². The van der Waals surface area contributed by atoms with Gasteiger partial charge in [-0.05, 0) is 25.0 Å². The molecule has 1 saturated carbocycles. The van der Waals surface area contributed by atoms with Crippen molar-refractivity contribution in [3.8, 4) is 5.75 Å². The summed E-state index contributed by atoms with van der Waals surface area (Å²) in [7, 11) is 1.54. The number of likely N-dealkylation sites (tertiary alicyclic amines) is 1. The predicted octanol–water partition coefficient (Wildman–Crippen LogP) is 1.97. The van der Waals surface area contributed by atoms with E-state index >= 15 is 0 Å². The molecule has 0 unspecified atom stereocenters. The number of hydrogen-bond donors (Lipinski definition) is 1. The normalized spacial score (nSPS) is 20.3. The number of anilines is 1. The smallest absolute Gasteiger partial charge is 0.311 e. The molecule has 1 N–H and O–H groups in total. The van der Waals surface area contributed by atoms with Gasteiger partial charge in [0.2, 0.25) is 5.91 Å². The number of nitrogens with zero attached hydrogens (tertiary/aromatic N) is 1. The average Bonchev–Trinajstić information content (AvgIpc) is 3.29. The Kier molecular flexibility index (Phi) is 5.75. The number of esters is 1. The van der Waals surface area contributed by atoms with E-state index in [1.807, 2.05) is 4.90 Å². The van der Waals surface area contributed by atoms with Crippen molar-refractivity contribution in [2.24, 2.45) is 5.92 Å². The van der Waals surface area contributed by atoms with Crippen LogP contribution >= 0.6 is 0 Å². The molecule has 26 heavy (non-hydrogen) atoms. The number of carbonyl (C=O) groups excluding carboxylic acids is 3. The zero-order chi connectivity index (χ0) is 18.5. The zero-order valence-corrected chi connectivity index (χ0v) is 14.9. The van der Waals surface area contributed by atoms with Crippen molar-refractivity contribution in [3.63, 3.8) is 0 Å². The first-order chi connectivity index (χ1) is 12.6. The summed E-state index contributed by atoms with van der Waals surface area (Å²) in [6.45, 7) is 0.0317. The van der Waals surface area contributed by atoms with E-state index in [-0.39, 0.29) is 25.0 Å². The second-order valence-corrected chi connectivity index (χ2v) is 6.77. The fraction of sp³-hybridized carbons (Fsp3) is 0.526. The van der Waals surface area contributed by atoms with Gasteiger partial charge in [-0.1, -0.05) is 18.9 Å². The maximum Gasteiger partial charge on any atom is 0.311 e. The second kappa shape index (κ2) is 8.21. The molecule has 1 aliphatic heterocycles. The summed E-state index contributed by atoms with van der Waals surface area (Å²) in [4.78, 5) is 38.1. The zero-order valence-electron chi connectivity index (χ0n) is 14.9. The van der Waals surface area contributed by atoms with Gasteiger partial charge in [0.25, 0.3) is 5.91 Å². The van der Waals surface area contributed by atoms with Gasteiger partial charge in [0.1, 0.15) is 5.75 Å². The monoisotopic (exact) mass is 360 g/mol. The van der Waals surface area contributed by atoms with Crippen molar-refractivity contribution in [1.29, 1.82) is 0 Å². The van der Waals surface area contributed by atoms with Crippen molar-refractivity contribution < 1.29 is 23.9 Å². The summed E-state index contributed by atoms with van der Waals surface area (Å²) in [5.41, 5.74) is 0.564. The van der Waals surface area contributed by atoms with Crippen LogP contribution in [-0.4, -0.2) is 49.0 Å². The number of ether oxygens (including phenoxy) is 2. The Morgan fingerprint density at radius 1 is 1.27 bits per heavy atom. The van der Waals surface area contributed by atoms with Gasteiger partial charge in [-0.15, -0.1) is 0 Å². The minimum absolute atomic E-state index is 0.0136. The molecular weight excluding hydrogens is 336 g/mol. The van der Waals surface area contributed by atoms with E-state index in [0.29, 0.717) is 18.0 Å². The summed E-state index contributed by atoms with van der Waals surface area (Å²) in [5.74, 6) is -0.758. The van der Waals surface area contributed by atoms with Crippen molar-refractivity contribution in [3.05, 3.63) is 24.3 Å². The van der Waals surface area contributed by atoms with Gasteiger partial charge in [-0.25, -0.2) is 0 Å². The minimum Gasteiger partial charge on any atom is -0.497 e. The van der Waals surface area contributed by atoms with Crippen LogP contribution in [0, 0.1) is 5.92 Å². The Morgan fingerprint density at radius 3 is 2.77 bits per heavy atom. The number of amides is 2. The third-order valence-corrected chi connectivity index (χ3v) is 4.96. The molecule has 1 aliphatic carbocycles. The quantitative estimate of drug-likeness (QED) is 0.784. The van der Waals surface area contributed by atoms with Crippen LogP contribution in [0.1, 0.15) is 32.1 Å². The minimum atomic E-state index is -0.486. The third kappa shape index (κ3) is 4.33. The Bertz CT molecular complexity index is 684. The lowest BCUT2D eigenvalue weighted by Crippen LogP contribution is -2.35. The highest BCUT2D eigenvalue weighted by Gasteiger charge is 2.39. The maximum absolute atomic E-state index is 12.2. The van der Waals surface area contributed by atoms with E-state index in [4.69, 9.17) is 9.47 Å². The van der Waals surface area contributed by atoms with Gasteiger partial charge in [0, 0.05) is 30.8 Å². The molecule has 0 aromatic heterocycles. The van der Waals surface area contributed by atoms with Crippen molar-refractivity contribution in [1.82, 2.24) is 4.90 Å². The van der Waals surface area contributed by atoms with E-state index in [1.54, 1.807) is 31.4 Å². The lowest BCUT2D eigenvalue weighted by atomic mass is 10.1. The van der Waals surface area contributed by atoms with Gasteiger partial charge in [-0.2, -0.15) is 0 Å². The fourth-order valence-corrected chi connectivity index (χ4v) is 3.61.